The van der Waals surface area contributed by atoms with E-state index in [1.807, 2.05) is 64.1 Å². The first-order valence-electron chi connectivity index (χ1n) is 8.49. The fourth-order valence-electron chi connectivity index (χ4n) is 2.82. The van der Waals surface area contributed by atoms with E-state index in [9.17, 15) is 4.79 Å². The van der Waals surface area contributed by atoms with Gasteiger partial charge >= 0.3 is 0 Å². The van der Waals surface area contributed by atoms with Crippen LogP contribution in [0.15, 0.2) is 48.5 Å². The maximum absolute atomic E-state index is 12.6. The molecular formula is C21H22N4O. The third-order valence-electron chi connectivity index (χ3n) is 3.96. The minimum absolute atomic E-state index is 0.256. The van der Waals surface area contributed by atoms with Crippen LogP contribution in [0.4, 0.5) is 17.3 Å². The van der Waals surface area contributed by atoms with Gasteiger partial charge in [-0.1, -0.05) is 24.3 Å². The van der Waals surface area contributed by atoms with Gasteiger partial charge in [-0.3, -0.25) is 4.79 Å². The summed E-state index contributed by atoms with van der Waals surface area (Å²) in [5.74, 6) is 0.151. The number of nitrogens with zero attached hydrogens (tertiary/aromatic N) is 2. The Labute approximate surface area is 153 Å². The van der Waals surface area contributed by atoms with Gasteiger partial charge in [0.05, 0.1) is 0 Å². The molecule has 26 heavy (non-hydrogen) atoms. The van der Waals surface area contributed by atoms with Crippen molar-refractivity contribution in [2.24, 2.45) is 0 Å². The molecule has 1 amide bonds. The zero-order chi connectivity index (χ0) is 18.7. The minimum atomic E-state index is -0.256. The molecule has 0 unspecified atom stereocenters. The number of aromatic nitrogens is 2. The van der Waals surface area contributed by atoms with Gasteiger partial charge in [0.25, 0.3) is 5.91 Å². The van der Waals surface area contributed by atoms with Crippen molar-refractivity contribution in [3.8, 4) is 0 Å². The number of anilines is 3. The van der Waals surface area contributed by atoms with Crippen molar-refractivity contribution in [2.45, 2.75) is 27.7 Å². The third-order valence-corrected chi connectivity index (χ3v) is 3.96. The van der Waals surface area contributed by atoms with E-state index in [2.05, 4.69) is 26.7 Å². The van der Waals surface area contributed by atoms with Gasteiger partial charge < -0.3 is 10.6 Å². The number of carbonyl (C=O) groups is 1. The van der Waals surface area contributed by atoms with E-state index < -0.39 is 0 Å². The van der Waals surface area contributed by atoms with E-state index in [1.165, 1.54) is 0 Å². The largest absolute Gasteiger partial charge is 0.324 e. The fraction of sp³-hybridized carbons (Fsp3) is 0.190. The number of aryl methyl sites for hydroxylation is 4. The lowest BCUT2D eigenvalue weighted by Crippen LogP contribution is -2.16. The smallest absolute Gasteiger partial charge is 0.274 e. The normalized spacial score (nSPS) is 10.5. The summed E-state index contributed by atoms with van der Waals surface area (Å²) in [4.78, 5) is 21.4. The van der Waals surface area contributed by atoms with E-state index in [1.54, 1.807) is 6.07 Å². The molecule has 2 N–H and O–H groups in total. The average molecular weight is 346 g/mol. The molecule has 2 aromatic carbocycles. The van der Waals surface area contributed by atoms with Crippen LogP contribution in [0.2, 0.25) is 0 Å². The molecule has 1 aromatic heterocycles. The highest BCUT2D eigenvalue weighted by atomic mass is 16.1. The second-order valence-electron chi connectivity index (χ2n) is 6.49. The van der Waals surface area contributed by atoms with Crippen LogP contribution in [0.5, 0.6) is 0 Å². The Morgan fingerprint density at radius 1 is 0.885 bits per heavy atom. The van der Waals surface area contributed by atoms with E-state index in [0.717, 1.165) is 33.8 Å². The number of amides is 1. The summed E-state index contributed by atoms with van der Waals surface area (Å²) in [6.07, 6.45) is 0. The van der Waals surface area contributed by atoms with Crippen molar-refractivity contribution in [1.29, 1.82) is 0 Å². The van der Waals surface area contributed by atoms with Gasteiger partial charge in [-0.15, -0.1) is 0 Å². The van der Waals surface area contributed by atoms with Crippen molar-refractivity contribution in [3.05, 3.63) is 76.6 Å². The maximum atomic E-state index is 12.6. The maximum Gasteiger partial charge on any atom is 0.274 e. The van der Waals surface area contributed by atoms with Crippen LogP contribution >= 0.6 is 0 Å². The monoisotopic (exact) mass is 346 g/mol. The van der Waals surface area contributed by atoms with E-state index in [-0.39, 0.29) is 5.91 Å². The molecule has 0 spiro atoms. The minimum Gasteiger partial charge on any atom is -0.324 e. The molecule has 0 saturated carbocycles. The Hall–Kier alpha value is -3.21. The number of rotatable bonds is 4. The Kier molecular flexibility index (Phi) is 4.98. The molecule has 0 aliphatic rings. The number of hydrogen-bond acceptors (Lipinski definition) is 4. The summed E-state index contributed by atoms with van der Waals surface area (Å²) in [7, 11) is 0. The van der Waals surface area contributed by atoms with Gasteiger partial charge in [-0.2, -0.15) is 0 Å². The molecule has 5 nitrogen and oxygen atoms in total. The second kappa shape index (κ2) is 7.35. The summed E-state index contributed by atoms with van der Waals surface area (Å²) in [5, 5.41) is 6.10. The highest BCUT2D eigenvalue weighted by molar-refractivity contribution is 6.03. The van der Waals surface area contributed by atoms with Crippen LogP contribution in [0, 0.1) is 27.7 Å². The quantitative estimate of drug-likeness (QED) is 0.718. The van der Waals surface area contributed by atoms with Crippen molar-refractivity contribution < 1.29 is 4.79 Å². The van der Waals surface area contributed by atoms with Crippen molar-refractivity contribution >= 4 is 23.2 Å². The Balaban J connectivity index is 1.85. The predicted molar refractivity (Wildman–Crippen MR) is 105 cm³/mol. The first-order valence-corrected chi connectivity index (χ1v) is 8.49. The van der Waals surface area contributed by atoms with Gasteiger partial charge in [0, 0.05) is 17.1 Å². The highest BCUT2D eigenvalue weighted by Gasteiger charge is 2.12. The lowest BCUT2D eigenvalue weighted by Gasteiger charge is -2.11. The van der Waals surface area contributed by atoms with Crippen LogP contribution in [-0.4, -0.2) is 15.9 Å². The Bertz CT molecular complexity index is 946. The van der Waals surface area contributed by atoms with Gasteiger partial charge in [0.2, 0.25) is 5.95 Å². The molecule has 0 radical (unpaired) electrons. The van der Waals surface area contributed by atoms with Crippen LogP contribution in [0.1, 0.15) is 32.9 Å². The van der Waals surface area contributed by atoms with E-state index in [4.69, 9.17) is 0 Å². The van der Waals surface area contributed by atoms with Crippen molar-refractivity contribution in [2.75, 3.05) is 10.6 Å². The van der Waals surface area contributed by atoms with Crippen LogP contribution < -0.4 is 10.6 Å². The molecular weight excluding hydrogens is 324 g/mol. The van der Waals surface area contributed by atoms with Gasteiger partial charge in [0.1, 0.15) is 5.69 Å². The summed E-state index contributed by atoms with van der Waals surface area (Å²) in [6, 6.07) is 15.5. The summed E-state index contributed by atoms with van der Waals surface area (Å²) < 4.78 is 0. The molecule has 0 fully saturated rings. The zero-order valence-electron chi connectivity index (χ0n) is 15.4. The number of benzene rings is 2. The zero-order valence-corrected chi connectivity index (χ0v) is 15.4. The third kappa shape index (κ3) is 4.25. The van der Waals surface area contributed by atoms with Gasteiger partial charge in [0.15, 0.2) is 0 Å². The average Bonchev–Trinajstić information content (AvgIpc) is 2.55. The van der Waals surface area contributed by atoms with E-state index in [0.29, 0.717) is 11.6 Å². The number of para-hydroxylation sites is 1. The molecule has 0 aliphatic heterocycles. The summed E-state index contributed by atoms with van der Waals surface area (Å²) >= 11 is 0. The Morgan fingerprint density at radius 3 is 2.27 bits per heavy atom. The molecule has 0 aliphatic carbocycles. The lowest BCUT2D eigenvalue weighted by molar-refractivity contribution is 0.102. The fourth-order valence-corrected chi connectivity index (χ4v) is 2.82. The van der Waals surface area contributed by atoms with E-state index >= 15 is 0 Å². The molecule has 0 bridgehead atoms. The molecule has 3 aromatic rings. The summed E-state index contributed by atoms with van der Waals surface area (Å²) in [6.45, 7) is 7.87. The van der Waals surface area contributed by atoms with Gasteiger partial charge in [-0.05, 0) is 68.7 Å². The lowest BCUT2D eigenvalue weighted by atomic mass is 10.1. The predicted octanol–water partition coefficient (Wildman–Crippen LogP) is 4.71. The van der Waals surface area contributed by atoms with Crippen LogP contribution in [0.3, 0.4) is 0 Å². The second-order valence-corrected chi connectivity index (χ2v) is 6.49. The van der Waals surface area contributed by atoms with Gasteiger partial charge in [-0.25, -0.2) is 9.97 Å². The number of carbonyl (C=O) groups excluding carboxylic acids is 1. The molecule has 132 valence electrons. The van der Waals surface area contributed by atoms with Crippen molar-refractivity contribution in [3.63, 3.8) is 0 Å². The standard InChI is InChI=1S/C21H22N4O/c1-13-9-14(2)11-17(10-13)23-21-22-16(4)12-19(25-21)20(26)24-18-8-6-5-7-15(18)3/h5-12H,1-4H3,(H,24,26)(H,22,23,25). The van der Waals surface area contributed by atoms with Crippen LogP contribution in [0.25, 0.3) is 0 Å². The van der Waals surface area contributed by atoms with Crippen LogP contribution in [-0.2, 0) is 0 Å². The topological polar surface area (TPSA) is 66.9 Å². The first-order chi connectivity index (χ1) is 12.4. The number of hydrogen-bond donors (Lipinski definition) is 2. The molecule has 5 heteroatoms. The first kappa shape index (κ1) is 17.6. The molecule has 1 heterocycles. The number of nitrogens with one attached hydrogen (secondary N) is 2. The highest BCUT2D eigenvalue weighted by Crippen LogP contribution is 2.19. The van der Waals surface area contributed by atoms with Crippen molar-refractivity contribution in [1.82, 2.24) is 9.97 Å². The Morgan fingerprint density at radius 2 is 1.58 bits per heavy atom. The summed E-state index contributed by atoms with van der Waals surface area (Å²) in [5.41, 5.74) is 6.03. The molecule has 0 atom stereocenters. The molecule has 0 saturated heterocycles. The SMILES string of the molecule is Cc1cc(C)cc(Nc2nc(C)cc(C(=O)Nc3ccccc3C)n2)c1. The molecule has 3 rings (SSSR count).